The van der Waals surface area contributed by atoms with Crippen molar-refractivity contribution >= 4 is 5.91 Å². The smallest absolute Gasteiger partial charge is 0.276 e. The summed E-state index contributed by atoms with van der Waals surface area (Å²) in [6.07, 6.45) is 5.29. The van der Waals surface area contributed by atoms with Crippen LogP contribution in [0.3, 0.4) is 0 Å². The summed E-state index contributed by atoms with van der Waals surface area (Å²) in [5, 5.41) is 8.82. The average molecular weight is 394 g/mol. The fourth-order valence-corrected chi connectivity index (χ4v) is 4.17. The van der Waals surface area contributed by atoms with E-state index in [2.05, 4.69) is 28.3 Å². The maximum absolute atomic E-state index is 12.9. The van der Waals surface area contributed by atoms with Crippen LogP contribution in [0.2, 0.25) is 0 Å². The monoisotopic (exact) mass is 394 g/mol. The lowest BCUT2D eigenvalue weighted by Gasteiger charge is -2.27. The molecule has 0 aromatic carbocycles. The molecule has 2 aliphatic rings. The second kappa shape index (κ2) is 6.86. The Morgan fingerprint density at radius 2 is 2.14 bits per heavy atom. The summed E-state index contributed by atoms with van der Waals surface area (Å²) >= 11 is 0. The van der Waals surface area contributed by atoms with Crippen LogP contribution in [-0.4, -0.2) is 41.8 Å². The van der Waals surface area contributed by atoms with Gasteiger partial charge in [-0.3, -0.25) is 9.48 Å². The fraction of sp³-hybridized carbons (Fsp3) is 0.524. The molecule has 8 nitrogen and oxygen atoms in total. The largest absolute Gasteiger partial charge is 0.361 e. The number of aryl methyl sites for hydroxylation is 3. The lowest BCUT2D eigenvalue weighted by Crippen LogP contribution is -2.36. The maximum Gasteiger partial charge on any atom is 0.276 e. The number of aromatic nitrogens is 5. The van der Waals surface area contributed by atoms with Gasteiger partial charge in [0, 0.05) is 55.3 Å². The molecule has 0 spiro atoms. The third-order valence-electron chi connectivity index (χ3n) is 5.97. The van der Waals surface area contributed by atoms with E-state index in [1.807, 2.05) is 11.1 Å². The van der Waals surface area contributed by atoms with Gasteiger partial charge >= 0.3 is 0 Å². The van der Waals surface area contributed by atoms with Crippen LogP contribution >= 0.6 is 0 Å². The third kappa shape index (κ3) is 3.16. The molecule has 0 radical (unpaired) electrons. The van der Waals surface area contributed by atoms with Gasteiger partial charge in [-0.05, 0) is 39.5 Å². The molecule has 5 rings (SSSR count). The molecule has 3 aromatic heterocycles. The van der Waals surface area contributed by atoms with Crippen molar-refractivity contribution in [3.8, 4) is 11.5 Å². The van der Waals surface area contributed by atoms with E-state index in [1.54, 1.807) is 13.0 Å². The predicted octanol–water partition coefficient (Wildman–Crippen LogP) is 2.98. The number of imidazole rings is 1. The Labute approximate surface area is 169 Å². The average Bonchev–Trinajstić information content (AvgIpc) is 3.15. The van der Waals surface area contributed by atoms with E-state index < -0.39 is 0 Å². The first-order valence-electron chi connectivity index (χ1n) is 10.4. The van der Waals surface area contributed by atoms with Gasteiger partial charge < -0.3 is 14.0 Å². The van der Waals surface area contributed by atoms with E-state index in [4.69, 9.17) is 14.6 Å². The molecule has 1 aliphatic carbocycles. The third-order valence-corrected chi connectivity index (χ3v) is 5.97. The standard InChI is InChI=1S/C21H26N6O2/c1-4-27-18-7-8-25(21(28)17-9-14(3)29-24-17)12-16(18)19(23-27)20-22-10-13(2)26(20)11-15-5-6-15/h9-10,15H,4-8,11-12H2,1-3H3. The Balaban J connectivity index is 1.51. The van der Waals surface area contributed by atoms with Crippen molar-refractivity contribution in [1.29, 1.82) is 0 Å². The van der Waals surface area contributed by atoms with Crippen molar-refractivity contribution < 1.29 is 9.32 Å². The maximum atomic E-state index is 12.9. The lowest BCUT2D eigenvalue weighted by atomic mass is 10.0. The summed E-state index contributed by atoms with van der Waals surface area (Å²) in [6, 6.07) is 1.69. The molecule has 0 bridgehead atoms. The normalized spacial score (nSPS) is 16.3. The number of carbonyl (C=O) groups excluding carboxylic acids is 1. The Morgan fingerprint density at radius 3 is 2.83 bits per heavy atom. The molecule has 3 aromatic rings. The van der Waals surface area contributed by atoms with Gasteiger partial charge in [0.05, 0.1) is 6.54 Å². The van der Waals surface area contributed by atoms with Crippen LogP contribution in [0.15, 0.2) is 16.8 Å². The molecular weight excluding hydrogens is 368 g/mol. The summed E-state index contributed by atoms with van der Waals surface area (Å²) in [6.45, 7) is 8.98. The minimum atomic E-state index is -0.0970. The number of nitrogens with zero attached hydrogens (tertiary/aromatic N) is 6. The molecule has 0 saturated heterocycles. The molecule has 0 N–H and O–H groups in total. The van der Waals surface area contributed by atoms with Crippen LogP contribution in [0.1, 0.15) is 53.0 Å². The first kappa shape index (κ1) is 18.1. The van der Waals surface area contributed by atoms with Crippen molar-refractivity contribution in [2.45, 2.75) is 59.7 Å². The van der Waals surface area contributed by atoms with Crippen LogP contribution in [0.25, 0.3) is 11.5 Å². The second-order valence-corrected chi connectivity index (χ2v) is 8.17. The van der Waals surface area contributed by atoms with E-state index in [9.17, 15) is 4.79 Å². The van der Waals surface area contributed by atoms with Gasteiger partial charge in [-0.25, -0.2) is 4.98 Å². The van der Waals surface area contributed by atoms with Crippen molar-refractivity contribution in [2.75, 3.05) is 6.54 Å². The first-order valence-corrected chi connectivity index (χ1v) is 10.4. The number of amides is 1. The summed E-state index contributed by atoms with van der Waals surface area (Å²) in [4.78, 5) is 19.5. The summed E-state index contributed by atoms with van der Waals surface area (Å²) < 4.78 is 9.46. The van der Waals surface area contributed by atoms with Crippen molar-refractivity contribution in [3.63, 3.8) is 0 Å². The Kier molecular flexibility index (Phi) is 4.29. The van der Waals surface area contributed by atoms with Gasteiger partial charge in [-0.2, -0.15) is 5.10 Å². The molecule has 1 aliphatic heterocycles. The summed E-state index contributed by atoms with van der Waals surface area (Å²) in [7, 11) is 0. The van der Waals surface area contributed by atoms with Crippen LogP contribution in [0.5, 0.6) is 0 Å². The van der Waals surface area contributed by atoms with Gasteiger partial charge in [0.1, 0.15) is 11.5 Å². The summed E-state index contributed by atoms with van der Waals surface area (Å²) in [5.74, 6) is 2.21. The van der Waals surface area contributed by atoms with Crippen molar-refractivity contribution in [3.05, 3.63) is 40.7 Å². The minimum Gasteiger partial charge on any atom is -0.361 e. The van der Waals surface area contributed by atoms with Gasteiger partial charge in [0.15, 0.2) is 11.5 Å². The number of rotatable bonds is 5. The molecule has 29 heavy (non-hydrogen) atoms. The van der Waals surface area contributed by atoms with Gasteiger partial charge in [-0.15, -0.1) is 0 Å². The first-order chi connectivity index (χ1) is 14.0. The fourth-order valence-electron chi connectivity index (χ4n) is 4.17. The van der Waals surface area contributed by atoms with E-state index in [0.717, 1.165) is 48.2 Å². The molecule has 0 atom stereocenters. The van der Waals surface area contributed by atoms with Crippen molar-refractivity contribution in [1.82, 2.24) is 29.4 Å². The Hall–Kier alpha value is -2.90. The number of hydrogen-bond donors (Lipinski definition) is 0. The van der Waals surface area contributed by atoms with Gasteiger partial charge in [0.2, 0.25) is 0 Å². The van der Waals surface area contributed by atoms with E-state index in [0.29, 0.717) is 24.5 Å². The Bertz CT molecular complexity index is 1070. The SMILES string of the molecule is CCn1nc(-c2ncc(C)n2CC2CC2)c2c1CCN(C(=O)c1cc(C)on1)C2. The molecule has 1 amide bonds. The molecule has 8 heteroatoms. The van der Waals surface area contributed by atoms with Crippen LogP contribution < -0.4 is 0 Å². The second-order valence-electron chi connectivity index (χ2n) is 8.17. The highest BCUT2D eigenvalue weighted by atomic mass is 16.5. The zero-order valence-electron chi connectivity index (χ0n) is 17.2. The highest BCUT2D eigenvalue weighted by Crippen LogP contribution is 2.35. The van der Waals surface area contributed by atoms with E-state index in [1.165, 1.54) is 18.5 Å². The summed E-state index contributed by atoms with van der Waals surface area (Å²) in [5.41, 5.74) is 4.75. The van der Waals surface area contributed by atoms with Gasteiger partial charge in [0.25, 0.3) is 5.91 Å². The number of carbonyl (C=O) groups is 1. The molecule has 1 fully saturated rings. The highest BCUT2D eigenvalue weighted by Gasteiger charge is 2.32. The Morgan fingerprint density at radius 1 is 1.31 bits per heavy atom. The van der Waals surface area contributed by atoms with Crippen LogP contribution in [0, 0.1) is 19.8 Å². The zero-order valence-corrected chi connectivity index (χ0v) is 17.2. The molecule has 152 valence electrons. The van der Waals surface area contributed by atoms with Crippen LogP contribution in [0.4, 0.5) is 0 Å². The lowest BCUT2D eigenvalue weighted by molar-refractivity contribution is 0.0723. The van der Waals surface area contributed by atoms with E-state index in [-0.39, 0.29) is 5.91 Å². The van der Waals surface area contributed by atoms with E-state index >= 15 is 0 Å². The minimum absolute atomic E-state index is 0.0970. The molecule has 4 heterocycles. The number of fused-ring (bicyclic) bond motifs is 1. The topological polar surface area (TPSA) is 82.0 Å². The predicted molar refractivity (Wildman–Crippen MR) is 106 cm³/mol. The highest BCUT2D eigenvalue weighted by molar-refractivity contribution is 5.92. The molecular formula is C21H26N6O2. The zero-order chi connectivity index (χ0) is 20.1. The molecule has 1 saturated carbocycles. The van der Waals surface area contributed by atoms with Crippen molar-refractivity contribution in [2.24, 2.45) is 5.92 Å². The van der Waals surface area contributed by atoms with Gasteiger partial charge in [-0.1, -0.05) is 5.16 Å². The van der Waals surface area contributed by atoms with Crippen LogP contribution in [-0.2, 0) is 26.1 Å². The molecule has 0 unspecified atom stereocenters. The number of hydrogen-bond acceptors (Lipinski definition) is 5. The quantitative estimate of drug-likeness (QED) is 0.664.